The average Bonchev–Trinajstić information content (AvgIpc) is 3.22. The van der Waals surface area contributed by atoms with Gasteiger partial charge in [0, 0.05) is 25.3 Å². The van der Waals surface area contributed by atoms with E-state index in [2.05, 4.69) is 24.1 Å². The van der Waals surface area contributed by atoms with Crippen LogP contribution in [0.1, 0.15) is 26.7 Å². The van der Waals surface area contributed by atoms with Gasteiger partial charge in [-0.2, -0.15) is 0 Å². The number of aliphatic hydroxyl groups excluding tert-OH is 1. The SMILES string of the molecule is CC(C)NC(CO)(CN(C)c1ccc(F)cc1)C1CC1. The summed E-state index contributed by atoms with van der Waals surface area (Å²) in [7, 11) is 1.99. The zero-order valence-corrected chi connectivity index (χ0v) is 12.6. The number of anilines is 1. The number of rotatable bonds is 7. The van der Waals surface area contributed by atoms with E-state index in [1.165, 1.54) is 12.1 Å². The highest BCUT2D eigenvalue weighted by Gasteiger charge is 2.45. The van der Waals surface area contributed by atoms with Crippen LogP contribution in [-0.4, -0.2) is 36.9 Å². The molecule has 4 heteroatoms. The van der Waals surface area contributed by atoms with E-state index in [0.717, 1.165) is 25.1 Å². The van der Waals surface area contributed by atoms with E-state index >= 15 is 0 Å². The first-order valence-corrected chi connectivity index (χ1v) is 7.32. The highest BCUT2D eigenvalue weighted by molar-refractivity contribution is 5.46. The van der Waals surface area contributed by atoms with Crippen molar-refractivity contribution in [3.8, 4) is 0 Å². The zero-order valence-electron chi connectivity index (χ0n) is 12.6. The minimum atomic E-state index is -0.267. The van der Waals surface area contributed by atoms with Crippen molar-refractivity contribution in [2.45, 2.75) is 38.3 Å². The van der Waals surface area contributed by atoms with Crippen LogP contribution in [0.3, 0.4) is 0 Å². The van der Waals surface area contributed by atoms with Crippen LogP contribution in [0.25, 0.3) is 0 Å². The maximum atomic E-state index is 13.0. The molecule has 0 heterocycles. The van der Waals surface area contributed by atoms with Gasteiger partial charge in [0.05, 0.1) is 12.1 Å². The lowest BCUT2D eigenvalue weighted by Crippen LogP contribution is -2.59. The van der Waals surface area contributed by atoms with Crippen LogP contribution in [0.15, 0.2) is 24.3 Å². The molecule has 1 aromatic carbocycles. The summed E-state index contributed by atoms with van der Waals surface area (Å²) in [6.07, 6.45) is 2.33. The van der Waals surface area contributed by atoms with E-state index in [-0.39, 0.29) is 18.0 Å². The lowest BCUT2D eigenvalue weighted by Gasteiger charge is -2.39. The van der Waals surface area contributed by atoms with Crippen LogP contribution in [0.2, 0.25) is 0 Å². The number of halogens is 1. The van der Waals surface area contributed by atoms with E-state index < -0.39 is 0 Å². The van der Waals surface area contributed by atoms with Crippen molar-refractivity contribution in [3.63, 3.8) is 0 Å². The first-order chi connectivity index (χ1) is 9.47. The van der Waals surface area contributed by atoms with Crippen LogP contribution >= 0.6 is 0 Å². The summed E-state index contributed by atoms with van der Waals surface area (Å²) in [5.41, 5.74) is 0.701. The van der Waals surface area contributed by atoms with Gasteiger partial charge in [0.25, 0.3) is 0 Å². The molecule has 1 atom stereocenters. The number of nitrogens with one attached hydrogen (secondary N) is 1. The van der Waals surface area contributed by atoms with Crippen LogP contribution in [0, 0.1) is 11.7 Å². The number of likely N-dealkylation sites (N-methyl/N-ethyl adjacent to an activating group) is 1. The summed E-state index contributed by atoms with van der Waals surface area (Å²) in [5, 5.41) is 13.5. The van der Waals surface area contributed by atoms with Crippen molar-refractivity contribution < 1.29 is 9.50 Å². The normalized spacial score (nSPS) is 18.1. The van der Waals surface area contributed by atoms with Crippen molar-refractivity contribution in [2.75, 3.05) is 25.1 Å². The van der Waals surface area contributed by atoms with Gasteiger partial charge in [-0.25, -0.2) is 4.39 Å². The van der Waals surface area contributed by atoms with Gasteiger partial charge in [0.15, 0.2) is 0 Å². The Morgan fingerprint density at radius 2 is 1.95 bits per heavy atom. The predicted octanol–water partition coefficient (Wildman–Crippen LogP) is 2.40. The highest BCUT2D eigenvalue weighted by Crippen LogP contribution is 2.40. The molecule has 0 amide bonds. The molecule has 1 unspecified atom stereocenters. The highest BCUT2D eigenvalue weighted by atomic mass is 19.1. The van der Waals surface area contributed by atoms with Gasteiger partial charge in [-0.1, -0.05) is 13.8 Å². The van der Waals surface area contributed by atoms with E-state index in [4.69, 9.17) is 0 Å². The number of benzene rings is 1. The second-order valence-electron chi connectivity index (χ2n) is 6.22. The molecule has 1 aromatic rings. The first kappa shape index (κ1) is 15.3. The van der Waals surface area contributed by atoms with E-state index in [1.54, 1.807) is 12.1 Å². The lowest BCUT2D eigenvalue weighted by atomic mass is 9.92. The Morgan fingerprint density at radius 1 is 1.35 bits per heavy atom. The van der Waals surface area contributed by atoms with Gasteiger partial charge in [0.2, 0.25) is 0 Å². The molecule has 1 saturated carbocycles. The maximum absolute atomic E-state index is 13.0. The molecule has 0 aromatic heterocycles. The van der Waals surface area contributed by atoms with Crippen LogP contribution < -0.4 is 10.2 Å². The Bertz CT molecular complexity index is 431. The molecule has 0 radical (unpaired) electrons. The Labute approximate surface area is 120 Å². The average molecular weight is 280 g/mol. The Kier molecular flexibility index (Phi) is 4.66. The quantitative estimate of drug-likeness (QED) is 0.805. The molecule has 112 valence electrons. The Balaban J connectivity index is 2.12. The summed E-state index contributed by atoms with van der Waals surface area (Å²) in [5.74, 6) is 0.302. The zero-order chi connectivity index (χ0) is 14.8. The van der Waals surface area contributed by atoms with Gasteiger partial charge >= 0.3 is 0 Å². The summed E-state index contributed by atoms with van der Waals surface area (Å²) in [6, 6.07) is 6.82. The van der Waals surface area contributed by atoms with Crippen LogP contribution in [-0.2, 0) is 0 Å². The van der Waals surface area contributed by atoms with E-state index in [1.807, 2.05) is 7.05 Å². The molecular formula is C16H25FN2O. The minimum Gasteiger partial charge on any atom is -0.394 e. The molecule has 1 aliphatic rings. The largest absolute Gasteiger partial charge is 0.394 e. The molecule has 2 rings (SSSR count). The summed E-state index contributed by atoms with van der Waals surface area (Å²) >= 11 is 0. The molecule has 0 aliphatic heterocycles. The van der Waals surface area contributed by atoms with Gasteiger partial charge < -0.3 is 15.3 Å². The van der Waals surface area contributed by atoms with E-state index in [9.17, 15) is 9.50 Å². The van der Waals surface area contributed by atoms with E-state index in [0.29, 0.717) is 12.0 Å². The molecule has 2 N–H and O–H groups in total. The number of nitrogens with zero attached hydrogens (tertiary/aromatic N) is 1. The maximum Gasteiger partial charge on any atom is 0.123 e. The lowest BCUT2D eigenvalue weighted by molar-refractivity contribution is 0.136. The fourth-order valence-electron chi connectivity index (χ4n) is 2.94. The fraction of sp³-hybridized carbons (Fsp3) is 0.625. The Hall–Kier alpha value is -1.13. The van der Waals surface area contributed by atoms with Crippen molar-refractivity contribution in [1.82, 2.24) is 5.32 Å². The molecule has 3 nitrogen and oxygen atoms in total. The molecule has 20 heavy (non-hydrogen) atoms. The summed E-state index contributed by atoms with van der Waals surface area (Å²) in [4.78, 5) is 2.09. The second kappa shape index (κ2) is 6.10. The third-order valence-electron chi connectivity index (χ3n) is 4.00. The third kappa shape index (κ3) is 3.49. The monoisotopic (exact) mass is 280 g/mol. The van der Waals surface area contributed by atoms with Crippen molar-refractivity contribution >= 4 is 5.69 Å². The Morgan fingerprint density at radius 3 is 2.40 bits per heavy atom. The summed E-state index contributed by atoms with van der Waals surface area (Å²) < 4.78 is 13.0. The molecule has 0 bridgehead atoms. The topological polar surface area (TPSA) is 35.5 Å². The van der Waals surface area contributed by atoms with Gasteiger partial charge in [-0.05, 0) is 43.0 Å². The first-order valence-electron chi connectivity index (χ1n) is 7.32. The molecule has 0 saturated heterocycles. The number of aliphatic hydroxyl groups is 1. The van der Waals surface area contributed by atoms with Crippen molar-refractivity contribution in [2.24, 2.45) is 5.92 Å². The van der Waals surface area contributed by atoms with Gasteiger partial charge in [0.1, 0.15) is 5.82 Å². The second-order valence-corrected chi connectivity index (χ2v) is 6.22. The predicted molar refractivity (Wildman–Crippen MR) is 80.5 cm³/mol. The molecule has 1 aliphatic carbocycles. The minimum absolute atomic E-state index is 0.126. The molecule has 1 fully saturated rings. The fourth-order valence-corrected chi connectivity index (χ4v) is 2.94. The van der Waals surface area contributed by atoms with Gasteiger partial charge in [-0.15, -0.1) is 0 Å². The van der Waals surface area contributed by atoms with Crippen LogP contribution in [0.5, 0.6) is 0 Å². The number of hydrogen-bond acceptors (Lipinski definition) is 3. The molecule has 0 spiro atoms. The van der Waals surface area contributed by atoms with Crippen LogP contribution in [0.4, 0.5) is 10.1 Å². The summed E-state index contributed by atoms with van der Waals surface area (Å²) in [6.45, 7) is 5.05. The third-order valence-corrected chi connectivity index (χ3v) is 4.00. The molecular weight excluding hydrogens is 255 g/mol. The van der Waals surface area contributed by atoms with Crippen molar-refractivity contribution in [3.05, 3.63) is 30.1 Å². The smallest absolute Gasteiger partial charge is 0.123 e. The van der Waals surface area contributed by atoms with Crippen molar-refractivity contribution in [1.29, 1.82) is 0 Å². The standard InChI is InChI=1S/C16H25FN2O/c1-12(2)18-16(11-20,13-4-5-13)10-19(3)15-8-6-14(17)7-9-15/h6-9,12-13,18,20H,4-5,10-11H2,1-3H3. The number of hydrogen-bond donors (Lipinski definition) is 2. The van der Waals surface area contributed by atoms with Gasteiger partial charge in [-0.3, -0.25) is 0 Å².